The van der Waals surface area contributed by atoms with Crippen LogP contribution < -0.4 is 10.0 Å². The van der Waals surface area contributed by atoms with Crippen LogP contribution in [0.1, 0.15) is 0 Å². The molecule has 0 aliphatic rings. The van der Waals surface area contributed by atoms with E-state index in [1.54, 1.807) is 30.3 Å². The number of nitrogens with one attached hydrogen (secondary N) is 1. The lowest BCUT2D eigenvalue weighted by Gasteiger charge is -2.05. The van der Waals surface area contributed by atoms with Crippen LogP contribution in [-0.4, -0.2) is 11.8 Å². The molecular weight excluding hydrogens is 228 g/mol. The zero-order valence-electron chi connectivity index (χ0n) is 8.31. The van der Waals surface area contributed by atoms with Gasteiger partial charge >= 0.3 is 0 Å². The Labute approximate surface area is 97.0 Å². The van der Waals surface area contributed by atoms with Crippen molar-refractivity contribution >= 4 is 34.1 Å². The summed E-state index contributed by atoms with van der Waals surface area (Å²) in [5.41, 5.74) is 1.19. The molecular formula is C11H9ClN2O2. The Balaban J connectivity index is 2.41. The van der Waals surface area contributed by atoms with Crippen LogP contribution in [0, 0.1) is 5.21 Å². The third-order valence-corrected chi connectivity index (χ3v) is 2.41. The van der Waals surface area contributed by atoms with Gasteiger partial charge in [0.25, 0.3) is 0 Å². The Kier molecular flexibility index (Phi) is 2.92. The zero-order valence-corrected chi connectivity index (χ0v) is 9.07. The van der Waals surface area contributed by atoms with E-state index in [4.69, 9.17) is 11.6 Å². The van der Waals surface area contributed by atoms with Gasteiger partial charge in [0.1, 0.15) is 5.88 Å². The number of carbonyl (C=O) groups is 1. The van der Waals surface area contributed by atoms with E-state index < -0.39 is 0 Å². The number of nitrogens with zero attached hydrogens (tertiary/aromatic N) is 1. The number of aromatic nitrogens is 1. The molecule has 5 heteroatoms. The topological polar surface area (TPSA) is 56.0 Å². The molecule has 1 aromatic carbocycles. The van der Waals surface area contributed by atoms with Crippen LogP contribution in [0.3, 0.4) is 0 Å². The van der Waals surface area contributed by atoms with Crippen LogP contribution in [0.25, 0.3) is 10.9 Å². The summed E-state index contributed by atoms with van der Waals surface area (Å²) in [5, 5.41) is 14.8. The molecule has 0 atom stereocenters. The van der Waals surface area contributed by atoms with Gasteiger partial charge in [0.2, 0.25) is 11.4 Å². The Morgan fingerprint density at radius 3 is 3.00 bits per heavy atom. The predicted octanol–water partition coefficient (Wildman–Crippen LogP) is 1.65. The minimum absolute atomic E-state index is 0.0889. The van der Waals surface area contributed by atoms with Gasteiger partial charge in [0.15, 0.2) is 6.20 Å². The summed E-state index contributed by atoms with van der Waals surface area (Å²) >= 11 is 5.38. The summed E-state index contributed by atoms with van der Waals surface area (Å²) in [6, 6.07) is 8.52. The van der Waals surface area contributed by atoms with Gasteiger partial charge in [-0.1, -0.05) is 0 Å². The van der Waals surface area contributed by atoms with Gasteiger partial charge in [-0.2, -0.15) is 4.73 Å². The number of fused-ring (bicyclic) bond motifs is 1. The third kappa shape index (κ3) is 2.06. The van der Waals surface area contributed by atoms with Crippen molar-refractivity contribution in [3.8, 4) is 0 Å². The summed E-state index contributed by atoms with van der Waals surface area (Å²) in [7, 11) is 0. The van der Waals surface area contributed by atoms with Gasteiger partial charge < -0.3 is 10.5 Å². The van der Waals surface area contributed by atoms with Crippen LogP contribution in [0.4, 0.5) is 5.69 Å². The summed E-state index contributed by atoms with van der Waals surface area (Å²) in [5.74, 6) is -0.360. The molecule has 0 aliphatic heterocycles. The molecule has 0 spiro atoms. The molecule has 0 unspecified atom stereocenters. The second kappa shape index (κ2) is 4.37. The van der Waals surface area contributed by atoms with E-state index in [2.05, 4.69) is 5.32 Å². The SMILES string of the molecule is O=C(CCl)Nc1ccc2c(ccc[n+]2[O-])c1. The molecule has 4 nitrogen and oxygen atoms in total. The molecule has 1 amide bonds. The third-order valence-electron chi connectivity index (χ3n) is 2.17. The molecule has 1 heterocycles. The van der Waals surface area contributed by atoms with Crippen molar-refractivity contribution in [3.05, 3.63) is 41.7 Å². The Hall–Kier alpha value is -1.81. The van der Waals surface area contributed by atoms with Crippen molar-refractivity contribution in [1.82, 2.24) is 0 Å². The largest absolute Gasteiger partial charge is 0.618 e. The Morgan fingerprint density at radius 2 is 2.25 bits per heavy atom. The molecule has 2 rings (SSSR count). The number of pyridine rings is 1. The number of amides is 1. The average molecular weight is 237 g/mol. The molecule has 82 valence electrons. The quantitative estimate of drug-likeness (QED) is 0.490. The molecule has 1 aromatic heterocycles. The molecule has 0 fully saturated rings. The highest BCUT2D eigenvalue weighted by molar-refractivity contribution is 6.29. The van der Waals surface area contributed by atoms with E-state index in [9.17, 15) is 10.0 Å². The molecule has 0 saturated carbocycles. The lowest BCUT2D eigenvalue weighted by Crippen LogP contribution is -2.25. The number of benzene rings is 1. The standard InChI is InChI=1S/C11H9ClN2O2/c12-7-11(15)13-9-3-4-10-8(6-9)2-1-5-14(10)16/h1-6H,7H2,(H,13,15). The fraction of sp³-hybridized carbons (Fsp3) is 0.0909. The fourth-order valence-corrected chi connectivity index (χ4v) is 1.53. The van der Waals surface area contributed by atoms with Crippen LogP contribution in [0.2, 0.25) is 0 Å². The number of hydrogen-bond donors (Lipinski definition) is 1. The van der Waals surface area contributed by atoms with Gasteiger partial charge in [-0.05, 0) is 18.2 Å². The average Bonchev–Trinajstić information content (AvgIpc) is 2.29. The lowest BCUT2D eigenvalue weighted by atomic mass is 10.2. The van der Waals surface area contributed by atoms with E-state index in [-0.39, 0.29) is 11.8 Å². The minimum atomic E-state index is -0.271. The number of alkyl halides is 1. The van der Waals surface area contributed by atoms with Crippen molar-refractivity contribution in [2.24, 2.45) is 0 Å². The van der Waals surface area contributed by atoms with E-state index in [0.29, 0.717) is 11.2 Å². The molecule has 0 bridgehead atoms. The van der Waals surface area contributed by atoms with Crippen LogP contribution >= 0.6 is 11.6 Å². The summed E-state index contributed by atoms with van der Waals surface area (Å²) in [6.45, 7) is 0. The van der Waals surface area contributed by atoms with E-state index in [1.165, 1.54) is 6.20 Å². The maximum atomic E-state index is 11.4. The van der Waals surface area contributed by atoms with Crippen LogP contribution in [0.5, 0.6) is 0 Å². The second-order valence-corrected chi connectivity index (χ2v) is 3.56. The van der Waals surface area contributed by atoms with Crippen LogP contribution in [-0.2, 0) is 4.79 Å². The fourth-order valence-electron chi connectivity index (χ4n) is 1.47. The molecule has 0 saturated heterocycles. The van der Waals surface area contributed by atoms with Crippen molar-refractivity contribution in [3.63, 3.8) is 0 Å². The molecule has 0 aliphatic carbocycles. The number of rotatable bonds is 2. The molecule has 0 radical (unpaired) electrons. The van der Waals surface area contributed by atoms with Gasteiger partial charge in [0, 0.05) is 23.2 Å². The summed E-state index contributed by atoms with van der Waals surface area (Å²) in [4.78, 5) is 11.1. The first-order valence-electron chi connectivity index (χ1n) is 4.68. The summed E-state index contributed by atoms with van der Waals surface area (Å²) in [6.07, 6.45) is 1.43. The van der Waals surface area contributed by atoms with Crippen molar-refractivity contribution in [2.75, 3.05) is 11.2 Å². The molecule has 16 heavy (non-hydrogen) atoms. The van der Waals surface area contributed by atoms with Gasteiger partial charge in [-0.3, -0.25) is 4.79 Å². The second-order valence-electron chi connectivity index (χ2n) is 3.29. The number of hydrogen-bond acceptors (Lipinski definition) is 2. The normalized spacial score (nSPS) is 10.3. The van der Waals surface area contributed by atoms with Gasteiger partial charge in [-0.25, -0.2) is 0 Å². The lowest BCUT2D eigenvalue weighted by molar-refractivity contribution is -0.577. The van der Waals surface area contributed by atoms with Crippen molar-refractivity contribution in [1.29, 1.82) is 0 Å². The highest BCUT2D eigenvalue weighted by Crippen LogP contribution is 2.15. The van der Waals surface area contributed by atoms with E-state index in [0.717, 1.165) is 10.1 Å². The van der Waals surface area contributed by atoms with Crippen LogP contribution in [0.15, 0.2) is 36.5 Å². The Bertz CT molecular complexity index is 542. The number of carbonyl (C=O) groups excluding carboxylic acids is 1. The van der Waals surface area contributed by atoms with Crippen molar-refractivity contribution < 1.29 is 9.52 Å². The predicted molar refractivity (Wildman–Crippen MR) is 62.3 cm³/mol. The molecule has 2 aromatic rings. The number of anilines is 1. The smallest absolute Gasteiger partial charge is 0.239 e. The maximum absolute atomic E-state index is 11.4. The van der Waals surface area contributed by atoms with Gasteiger partial charge in [-0.15, -0.1) is 11.6 Å². The number of halogens is 1. The summed E-state index contributed by atoms with van der Waals surface area (Å²) < 4.78 is 0.780. The van der Waals surface area contributed by atoms with E-state index >= 15 is 0 Å². The van der Waals surface area contributed by atoms with Gasteiger partial charge in [0.05, 0.1) is 0 Å². The zero-order chi connectivity index (χ0) is 11.5. The highest BCUT2D eigenvalue weighted by atomic mass is 35.5. The van der Waals surface area contributed by atoms with E-state index in [1.807, 2.05) is 0 Å². The monoisotopic (exact) mass is 236 g/mol. The highest BCUT2D eigenvalue weighted by Gasteiger charge is 2.05. The Morgan fingerprint density at radius 1 is 1.44 bits per heavy atom. The maximum Gasteiger partial charge on any atom is 0.239 e. The first-order valence-corrected chi connectivity index (χ1v) is 5.22. The first-order chi connectivity index (χ1) is 7.70. The first kappa shape index (κ1) is 10.7. The molecule has 1 N–H and O–H groups in total. The minimum Gasteiger partial charge on any atom is -0.618 e. The van der Waals surface area contributed by atoms with Crippen molar-refractivity contribution in [2.45, 2.75) is 0 Å².